The molecule has 146 valence electrons. The van der Waals surface area contributed by atoms with E-state index in [-0.39, 0.29) is 25.5 Å². The van der Waals surface area contributed by atoms with E-state index in [1.165, 1.54) is 11.3 Å². The molecule has 0 saturated carbocycles. The van der Waals surface area contributed by atoms with Gasteiger partial charge in [0, 0.05) is 18.1 Å². The maximum Gasteiger partial charge on any atom is 0.303 e. The summed E-state index contributed by atoms with van der Waals surface area (Å²) >= 11 is 1.29. The molecule has 3 N–H and O–H groups in total. The van der Waals surface area contributed by atoms with Crippen LogP contribution in [0.5, 0.6) is 11.5 Å². The van der Waals surface area contributed by atoms with E-state index in [0.29, 0.717) is 33.3 Å². The summed E-state index contributed by atoms with van der Waals surface area (Å²) in [6.07, 6.45) is -0.454. The van der Waals surface area contributed by atoms with Gasteiger partial charge in [-0.15, -0.1) is 11.3 Å². The maximum atomic E-state index is 12.1. The molecule has 28 heavy (non-hydrogen) atoms. The van der Waals surface area contributed by atoms with E-state index in [2.05, 4.69) is 15.8 Å². The summed E-state index contributed by atoms with van der Waals surface area (Å²) in [5.74, 6) is -0.930. The second-order valence-electron chi connectivity index (χ2n) is 5.81. The molecular formula is C18H17N3O6S. The zero-order chi connectivity index (χ0) is 20.1. The van der Waals surface area contributed by atoms with Gasteiger partial charge in [0.05, 0.1) is 22.7 Å². The Bertz CT molecular complexity index is 939. The van der Waals surface area contributed by atoms with Gasteiger partial charge in [-0.25, -0.2) is 5.43 Å². The number of carbonyl (C=O) groups is 3. The van der Waals surface area contributed by atoms with Crippen molar-refractivity contribution in [3.63, 3.8) is 0 Å². The first kappa shape index (κ1) is 19.4. The first-order valence-electron chi connectivity index (χ1n) is 8.28. The number of ether oxygens (including phenoxy) is 2. The van der Waals surface area contributed by atoms with Crippen LogP contribution >= 0.6 is 11.3 Å². The molecule has 0 atom stereocenters. The van der Waals surface area contributed by atoms with Crippen LogP contribution < -0.4 is 20.2 Å². The monoisotopic (exact) mass is 403 g/mol. The van der Waals surface area contributed by atoms with Gasteiger partial charge in [-0.2, -0.15) is 5.10 Å². The van der Waals surface area contributed by atoms with Crippen LogP contribution in [0.1, 0.15) is 35.0 Å². The van der Waals surface area contributed by atoms with Crippen molar-refractivity contribution in [3.05, 3.63) is 40.1 Å². The lowest BCUT2D eigenvalue weighted by Crippen LogP contribution is -2.19. The molecule has 0 saturated heterocycles. The number of anilines is 1. The fraction of sp³-hybridized carbons (Fsp3) is 0.222. The lowest BCUT2D eigenvalue weighted by molar-refractivity contribution is -0.138. The fourth-order valence-corrected chi connectivity index (χ4v) is 3.05. The Hall–Kier alpha value is -3.40. The van der Waals surface area contributed by atoms with E-state index in [9.17, 15) is 14.4 Å². The van der Waals surface area contributed by atoms with Crippen LogP contribution in [0.4, 0.5) is 5.69 Å². The molecule has 10 heteroatoms. The number of nitrogens with zero attached hydrogens (tertiary/aromatic N) is 1. The number of rotatable bonds is 7. The van der Waals surface area contributed by atoms with Crippen LogP contribution in [0, 0.1) is 0 Å². The van der Waals surface area contributed by atoms with Crippen LogP contribution in [0.25, 0.3) is 0 Å². The Balaban J connectivity index is 1.81. The first-order valence-corrected chi connectivity index (χ1v) is 9.16. The van der Waals surface area contributed by atoms with Gasteiger partial charge in [0.25, 0.3) is 5.91 Å². The molecule has 0 bridgehead atoms. The predicted octanol–water partition coefficient (Wildman–Crippen LogP) is 2.43. The van der Waals surface area contributed by atoms with Gasteiger partial charge in [-0.3, -0.25) is 14.4 Å². The number of hydrazone groups is 1. The fourth-order valence-electron chi connectivity index (χ4n) is 2.44. The van der Waals surface area contributed by atoms with Gasteiger partial charge in [0.1, 0.15) is 0 Å². The van der Waals surface area contributed by atoms with Crippen LogP contribution in [0.2, 0.25) is 0 Å². The van der Waals surface area contributed by atoms with Crippen molar-refractivity contribution >= 4 is 40.5 Å². The highest BCUT2D eigenvalue weighted by Crippen LogP contribution is 2.37. The van der Waals surface area contributed by atoms with Crippen LogP contribution in [-0.4, -0.2) is 35.4 Å². The number of hydrogen-bond acceptors (Lipinski definition) is 7. The lowest BCUT2D eigenvalue weighted by atomic mass is 10.1. The summed E-state index contributed by atoms with van der Waals surface area (Å²) in [6.45, 7) is 1.72. The predicted molar refractivity (Wildman–Crippen MR) is 102 cm³/mol. The van der Waals surface area contributed by atoms with Crippen molar-refractivity contribution in [2.75, 3.05) is 12.1 Å². The highest BCUT2D eigenvalue weighted by molar-refractivity contribution is 7.12. The molecule has 1 aliphatic heterocycles. The first-order chi connectivity index (χ1) is 13.4. The number of amides is 2. The van der Waals surface area contributed by atoms with E-state index in [1.54, 1.807) is 36.6 Å². The number of carboxylic acids is 1. The zero-order valence-corrected chi connectivity index (χ0v) is 15.7. The van der Waals surface area contributed by atoms with Gasteiger partial charge in [0.15, 0.2) is 11.5 Å². The van der Waals surface area contributed by atoms with Crippen molar-refractivity contribution in [2.45, 2.75) is 19.8 Å². The molecule has 0 radical (unpaired) electrons. The molecule has 9 nitrogen and oxygen atoms in total. The van der Waals surface area contributed by atoms with Crippen molar-refractivity contribution in [1.29, 1.82) is 0 Å². The van der Waals surface area contributed by atoms with Gasteiger partial charge in [0.2, 0.25) is 12.7 Å². The SMILES string of the molecule is C/C(=N\NC(=O)c1cccs1)c1cc2c(cc1NC(=O)CCC(=O)O)OCO2. The summed E-state index contributed by atoms with van der Waals surface area (Å²) in [5.41, 5.74) is 3.79. The van der Waals surface area contributed by atoms with Gasteiger partial charge in [-0.1, -0.05) is 6.07 Å². The van der Waals surface area contributed by atoms with Crippen LogP contribution in [0.3, 0.4) is 0 Å². The van der Waals surface area contributed by atoms with Crippen molar-refractivity contribution in [3.8, 4) is 11.5 Å². The van der Waals surface area contributed by atoms with Crippen molar-refractivity contribution in [1.82, 2.24) is 5.43 Å². The van der Waals surface area contributed by atoms with Crippen molar-refractivity contribution in [2.24, 2.45) is 5.10 Å². The Morgan fingerprint density at radius 2 is 1.96 bits per heavy atom. The Kier molecular flexibility index (Phi) is 5.90. The average molecular weight is 403 g/mol. The molecule has 2 aromatic rings. The summed E-state index contributed by atoms with van der Waals surface area (Å²) in [4.78, 5) is 35.3. The third kappa shape index (κ3) is 4.65. The number of nitrogens with one attached hydrogen (secondary N) is 2. The van der Waals surface area contributed by atoms with E-state index >= 15 is 0 Å². The second kappa shape index (κ2) is 8.53. The van der Waals surface area contributed by atoms with E-state index < -0.39 is 11.9 Å². The number of benzene rings is 1. The Morgan fingerprint density at radius 3 is 2.64 bits per heavy atom. The highest BCUT2D eigenvalue weighted by atomic mass is 32.1. The number of hydrogen-bond donors (Lipinski definition) is 3. The average Bonchev–Trinajstić information content (AvgIpc) is 3.34. The third-order valence-electron chi connectivity index (χ3n) is 3.81. The summed E-state index contributed by atoms with van der Waals surface area (Å²) in [7, 11) is 0. The minimum atomic E-state index is -1.06. The number of fused-ring (bicyclic) bond motifs is 1. The van der Waals surface area contributed by atoms with E-state index in [0.717, 1.165) is 0 Å². The molecular weight excluding hydrogens is 386 g/mol. The smallest absolute Gasteiger partial charge is 0.303 e. The number of carboxylic acid groups (broad SMARTS) is 1. The van der Waals surface area contributed by atoms with E-state index in [4.69, 9.17) is 14.6 Å². The Labute approximate surface area is 164 Å². The molecule has 0 spiro atoms. The summed E-state index contributed by atoms with van der Waals surface area (Å²) < 4.78 is 10.7. The third-order valence-corrected chi connectivity index (χ3v) is 4.68. The normalized spacial score (nSPS) is 12.5. The van der Waals surface area contributed by atoms with Crippen molar-refractivity contribution < 1.29 is 29.0 Å². The summed E-state index contributed by atoms with van der Waals surface area (Å²) in [6, 6.07) is 6.67. The minimum absolute atomic E-state index is 0.0521. The largest absolute Gasteiger partial charge is 0.481 e. The summed E-state index contributed by atoms with van der Waals surface area (Å²) in [5, 5.41) is 17.3. The number of carbonyl (C=O) groups excluding carboxylic acids is 2. The zero-order valence-electron chi connectivity index (χ0n) is 14.9. The van der Waals surface area contributed by atoms with E-state index in [1.807, 2.05) is 0 Å². The van der Waals surface area contributed by atoms with Gasteiger partial charge < -0.3 is 19.9 Å². The molecule has 3 rings (SSSR count). The maximum absolute atomic E-state index is 12.1. The molecule has 0 aliphatic carbocycles. The molecule has 0 fully saturated rings. The minimum Gasteiger partial charge on any atom is -0.481 e. The molecule has 1 aromatic heterocycles. The lowest BCUT2D eigenvalue weighted by Gasteiger charge is -2.12. The molecule has 2 amide bonds. The van der Waals surface area contributed by atoms with Crippen LogP contribution in [-0.2, 0) is 9.59 Å². The van der Waals surface area contributed by atoms with Crippen LogP contribution in [0.15, 0.2) is 34.7 Å². The Morgan fingerprint density at radius 1 is 1.21 bits per heavy atom. The highest BCUT2D eigenvalue weighted by Gasteiger charge is 2.20. The quantitative estimate of drug-likeness (QED) is 0.481. The second-order valence-corrected chi connectivity index (χ2v) is 6.76. The standard InChI is InChI=1S/C18H17N3O6S/c1-10(20-21-18(25)15-3-2-6-28-15)11-7-13-14(27-9-26-13)8-12(11)19-16(22)4-5-17(23)24/h2-3,6-8H,4-5,9H2,1H3,(H,19,22)(H,21,25)(H,23,24)/b20-10+. The topological polar surface area (TPSA) is 126 Å². The van der Waals surface area contributed by atoms with Gasteiger partial charge >= 0.3 is 5.97 Å². The number of thiophene rings is 1. The van der Waals surface area contributed by atoms with Gasteiger partial charge in [-0.05, 0) is 24.4 Å². The number of aliphatic carboxylic acids is 1. The molecule has 1 aromatic carbocycles. The molecule has 0 unspecified atom stereocenters. The molecule has 2 heterocycles. The molecule has 1 aliphatic rings.